The van der Waals surface area contributed by atoms with E-state index in [0.717, 1.165) is 37.4 Å². The minimum atomic E-state index is -3.83. The molecule has 3 rings (SSSR count). The largest absolute Gasteiger partial charge is 0.497 e. The molecule has 2 aromatic carbocycles. The highest BCUT2D eigenvalue weighted by atomic mass is 32.2. The van der Waals surface area contributed by atoms with Crippen LogP contribution < -0.4 is 14.8 Å². The second-order valence-corrected chi connectivity index (χ2v) is 10.5. The zero-order valence-corrected chi connectivity index (χ0v) is 20.6. The Labute approximate surface area is 197 Å². The summed E-state index contributed by atoms with van der Waals surface area (Å²) >= 11 is 0. The summed E-state index contributed by atoms with van der Waals surface area (Å²) < 4.78 is 33.3. The number of methoxy groups -OCH3 is 1. The number of sulfonamides is 1. The van der Waals surface area contributed by atoms with Crippen molar-refractivity contribution < 1.29 is 17.9 Å². The minimum absolute atomic E-state index is 0.0493. The average molecular weight is 474 g/mol. The molecule has 33 heavy (non-hydrogen) atoms. The van der Waals surface area contributed by atoms with Crippen molar-refractivity contribution in [1.29, 1.82) is 0 Å². The Bertz CT molecular complexity index is 1040. The average Bonchev–Trinajstić information content (AvgIpc) is 2.79. The van der Waals surface area contributed by atoms with Gasteiger partial charge in [-0.1, -0.05) is 13.0 Å². The van der Waals surface area contributed by atoms with E-state index in [0.29, 0.717) is 23.5 Å². The van der Waals surface area contributed by atoms with E-state index in [9.17, 15) is 13.2 Å². The number of amides is 1. The van der Waals surface area contributed by atoms with Crippen LogP contribution in [0.4, 0.5) is 5.69 Å². The maximum atomic E-state index is 12.8. The van der Waals surface area contributed by atoms with Crippen LogP contribution in [-0.4, -0.2) is 52.5 Å². The number of carbonyl (C=O) groups is 1. The van der Waals surface area contributed by atoms with E-state index in [1.54, 1.807) is 44.4 Å². The normalized spacial score (nSPS) is 16.9. The molecular formula is C25H35N3O4S. The van der Waals surface area contributed by atoms with Crippen LogP contribution in [-0.2, 0) is 10.0 Å². The number of likely N-dealkylation sites (tertiary alicyclic amines) is 1. The molecule has 0 aliphatic carbocycles. The number of hydrogen-bond acceptors (Lipinski definition) is 5. The molecule has 0 bridgehead atoms. The summed E-state index contributed by atoms with van der Waals surface area (Å²) in [5.41, 5.74) is 1.53. The van der Waals surface area contributed by atoms with Crippen LogP contribution in [0.3, 0.4) is 0 Å². The van der Waals surface area contributed by atoms with Gasteiger partial charge < -0.3 is 15.0 Å². The summed E-state index contributed by atoms with van der Waals surface area (Å²) in [6.07, 6.45) is 4.51. The zero-order valence-electron chi connectivity index (χ0n) is 19.8. The molecule has 1 amide bonds. The van der Waals surface area contributed by atoms with Crippen LogP contribution in [0.15, 0.2) is 47.4 Å². The first kappa shape index (κ1) is 25.1. The third kappa shape index (κ3) is 7.20. The maximum absolute atomic E-state index is 12.8. The highest BCUT2D eigenvalue weighted by molar-refractivity contribution is 7.92. The van der Waals surface area contributed by atoms with E-state index in [1.807, 2.05) is 0 Å². The van der Waals surface area contributed by atoms with Crippen LogP contribution in [0, 0.1) is 12.8 Å². The number of benzene rings is 2. The lowest BCUT2D eigenvalue weighted by molar-refractivity contribution is 0.0951. The Morgan fingerprint density at radius 3 is 2.61 bits per heavy atom. The summed E-state index contributed by atoms with van der Waals surface area (Å²) in [6.45, 7) is 8.07. The topological polar surface area (TPSA) is 87.7 Å². The number of carbonyl (C=O) groups excluding carboxylic acids is 1. The van der Waals surface area contributed by atoms with E-state index in [-0.39, 0.29) is 10.8 Å². The predicted molar refractivity (Wildman–Crippen MR) is 131 cm³/mol. The fourth-order valence-electron chi connectivity index (χ4n) is 4.13. The Balaban J connectivity index is 1.55. The van der Waals surface area contributed by atoms with Crippen molar-refractivity contribution in [3.05, 3.63) is 53.6 Å². The Morgan fingerprint density at radius 2 is 1.91 bits per heavy atom. The molecule has 1 fully saturated rings. The molecule has 2 N–H and O–H groups in total. The summed E-state index contributed by atoms with van der Waals surface area (Å²) in [7, 11) is -2.28. The molecular weight excluding hydrogens is 438 g/mol. The molecule has 7 nitrogen and oxygen atoms in total. The van der Waals surface area contributed by atoms with Crippen molar-refractivity contribution in [1.82, 2.24) is 10.2 Å². The van der Waals surface area contributed by atoms with Gasteiger partial charge in [-0.05, 0) is 93.6 Å². The summed E-state index contributed by atoms with van der Waals surface area (Å²) in [4.78, 5) is 15.3. The van der Waals surface area contributed by atoms with E-state index in [2.05, 4.69) is 21.9 Å². The van der Waals surface area contributed by atoms with Gasteiger partial charge in [-0.3, -0.25) is 9.52 Å². The number of unbranched alkanes of at least 4 members (excludes halogenated alkanes) is 1. The summed E-state index contributed by atoms with van der Waals surface area (Å²) in [5, 5.41) is 2.94. The fourth-order valence-corrected chi connectivity index (χ4v) is 5.22. The van der Waals surface area contributed by atoms with Crippen LogP contribution in [0.5, 0.6) is 5.75 Å². The molecule has 1 aliphatic heterocycles. The first-order valence-corrected chi connectivity index (χ1v) is 13.0. The van der Waals surface area contributed by atoms with Gasteiger partial charge in [-0.25, -0.2) is 8.42 Å². The molecule has 1 saturated heterocycles. The predicted octanol–water partition coefficient (Wildman–Crippen LogP) is 4.05. The first-order valence-electron chi connectivity index (χ1n) is 11.6. The molecule has 0 radical (unpaired) electrons. The number of nitrogens with zero attached hydrogens (tertiary/aromatic N) is 1. The van der Waals surface area contributed by atoms with Crippen LogP contribution in [0.2, 0.25) is 0 Å². The third-order valence-electron chi connectivity index (χ3n) is 6.03. The van der Waals surface area contributed by atoms with Gasteiger partial charge in [0.1, 0.15) is 5.75 Å². The van der Waals surface area contributed by atoms with Gasteiger partial charge in [-0.2, -0.15) is 0 Å². The number of rotatable bonds is 10. The fraction of sp³-hybridized carbons (Fsp3) is 0.480. The van der Waals surface area contributed by atoms with Crippen molar-refractivity contribution in [3.63, 3.8) is 0 Å². The SMILES string of the molecule is COc1ccc(NS(=O)(=O)c2ccc(C)c(C(=O)NCCCCN3CCCC(C)C3)c2)cc1. The second kappa shape index (κ2) is 11.5. The second-order valence-electron chi connectivity index (χ2n) is 8.82. The molecule has 1 unspecified atom stereocenters. The highest BCUT2D eigenvalue weighted by Gasteiger charge is 2.19. The Hall–Kier alpha value is -2.58. The number of hydrogen-bond donors (Lipinski definition) is 2. The van der Waals surface area contributed by atoms with Crippen molar-refractivity contribution in [2.45, 2.75) is 44.4 Å². The van der Waals surface area contributed by atoms with Crippen molar-refractivity contribution >= 4 is 21.6 Å². The van der Waals surface area contributed by atoms with E-state index in [4.69, 9.17) is 4.74 Å². The molecule has 1 atom stereocenters. The Morgan fingerprint density at radius 1 is 1.15 bits per heavy atom. The summed E-state index contributed by atoms with van der Waals surface area (Å²) in [5.74, 6) is 1.16. The van der Waals surface area contributed by atoms with Crippen LogP contribution in [0.25, 0.3) is 0 Å². The van der Waals surface area contributed by atoms with Crippen molar-refractivity contribution in [2.75, 3.05) is 38.0 Å². The molecule has 0 saturated carbocycles. The van der Waals surface area contributed by atoms with Gasteiger partial charge in [0.25, 0.3) is 15.9 Å². The number of ether oxygens (including phenoxy) is 1. The minimum Gasteiger partial charge on any atom is -0.497 e. The molecule has 180 valence electrons. The van der Waals surface area contributed by atoms with Crippen molar-refractivity contribution in [3.8, 4) is 5.75 Å². The van der Waals surface area contributed by atoms with Gasteiger partial charge >= 0.3 is 0 Å². The number of piperidine rings is 1. The maximum Gasteiger partial charge on any atom is 0.261 e. The Kier molecular flexibility index (Phi) is 8.74. The van der Waals surface area contributed by atoms with E-state index >= 15 is 0 Å². The number of nitrogens with one attached hydrogen (secondary N) is 2. The van der Waals surface area contributed by atoms with Crippen molar-refractivity contribution in [2.24, 2.45) is 5.92 Å². The third-order valence-corrected chi connectivity index (χ3v) is 7.41. The lowest BCUT2D eigenvalue weighted by atomic mass is 10.0. The smallest absolute Gasteiger partial charge is 0.261 e. The number of aryl methyl sites for hydroxylation is 1. The van der Waals surface area contributed by atoms with Crippen LogP contribution >= 0.6 is 0 Å². The monoisotopic (exact) mass is 473 g/mol. The van der Waals surface area contributed by atoms with Gasteiger partial charge in [-0.15, -0.1) is 0 Å². The molecule has 1 aliphatic rings. The molecule has 0 aromatic heterocycles. The number of anilines is 1. The lowest BCUT2D eigenvalue weighted by Crippen LogP contribution is -2.35. The lowest BCUT2D eigenvalue weighted by Gasteiger charge is -2.30. The van der Waals surface area contributed by atoms with Gasteiger partial charge in [0.15, 0.2) is 0 Å². The highest BCUT2D eigenvalue weighted by Crippen LogP contribution is 2.21. The summed E-state index contributed by atoms with van der Waals surface area (Å²) in [6, 6.07) is 11.2. The van der Waals surface area contributed by atoms with E-state index in [1.165, 1.54) is 31.5 Å². The molecule has 2 aromatic rings. The standard InChI is InChI=1S/C25H35N3O4S/c1-19-7-6-16-28(18-19)15-5-4-14-26-25(29)24-17-23(13-8-20(24)2)33(30,31)27-21-9-11-22(32-3)12-10-21/h8-13,17,19,27H,4-7,14-16,18H2,1-3H3,(H,26,29). The van der Waals surface area contributed by atoms with E-state index < -0.39 is 10.0 Å². The quantitative estimate of drug-likeness (QED) is 0.509. The first-order chi connectivity index (χ1) is 15.8. The molecule has 8 heteroatoms. The van der Waals surface area contributed by atoms with Gasteiger partial charge in [0.05, 0.1) is 12.0 Å². The zero-order chi connectivity index (χ0) is 23.8. The van der Waals surface area contributed by atoms with Gasteiger partial charge in [0.2, 0.25) is 0 Å². The van der Waals surface area contributed by atoms with Crippen LogP contribution in [0.1, 0.15) is 48.5 Å². The van der Waals surface area contributed by atoms with Gasteiger partial charge in [0, 0.05) is 24.3 Å². The molecule has 1 heterocycles. The molecule has 0 spiro atoms.